The number of benzene rings is 1. The standard InChI is InChI=1S/C21H23N3O2S/c1-24-15-4-2-5-16(24)11-14(10-15)22-20(25)17-6-3-7-18-19(17)23-21(26-18)13-8-9-27-12-13/h3,6-9,12,14-16H,2,4-5,10-11H2,1H3,(H,22,25). The van der Waals surface area contributed by atoms with Crippen LogP contribution in [-0.2, 0) is 0 Å². The van der Waals surface area contributed by atoms with Gasteiger partial charge < -0.3 is 14.6 Å². The van der Waals surface area contributed by atoms with Crippen molar-refractivity contribution < 1.29 is 9.21 Å². The summed E-state index contributed by atoms with van der Waals surface area (Å²) in [5.41, 5.74) is 2.85. The van der Waals surface area contributed by atoms with Crippen molar-refractivity contribution in [2.24, 2.45) is 0 Å². The zero-order valence-corrected chi connectivity index (χ0v) is 16.2. The van der Waals surface area contributed by atoms with E-state index in [9.17, 15) is 4.79 Å². The summed E-state index contributed by atoms with van der Waals surface area (Å²) in [5, 5.41) is 7.27. The van der Waals surface area contributed by atoms with E-state index in [0.29, 0.717) is 34.6 Å². The van der Waals surface area contributed by atoms with Gasteiger partial charge in [0, 0.05) is 29.1 Å². The Morgan fingerprint density at radius 3 is 2.81 bits per heavy atom. The second-order valence-electron chi connectivity index (χ2n) is 7.73. The zero-order chi connectivity index (χ0) is 18.4. The molecule has 0 saturated carbocycles. The van der Waals surface area contributed by atoms with Crippen LogP contribution in [0.15, 0.2) is 39.4 Å². The summed E-state index contributed by atoms with van der Waals surface area (Å²) in [7, 11) is 2.23. The number of oxazole rings is 1. The monoisotopic (exact) mass is 381 g/mol. The molecule has 5 rings (SSSR count). The van der Waals surface area contributed by atoms with E-state index in [2.05, 4.69) is 22.2 Å². The zero-order valence-electron chi connectivity index (χ0n) is 15.4. The second-order valence-corrected chi connectivity index (χ2v) is 8.51. The summed E-state index contributed by atoms with van der Waals surface area (Å²) in [6.07, 6.45) is 5.86. The Kier molecular flexibility index (Phi) is 4.25. The number of aromatic nitrogens is 1. The van der Waals surface area contributed by atoms with Gasteiger partial charge in [-0.3, -0.25) is 4.79 Å². The van der Waals surface area contributed by atoms with E-state index in [-0.39, 0.29) is 11.9 Å². The number of carbonyl (C=O) groups is 1. The van der Waals surface area contributed by atoms with E-state index in [1.54, 1.807) is 11.3 Å². The molecule has 0 aliphatic carbocycles. The van der Waals surface area contributed by atoms with Gasteiger partial charge in [-0.2, -0.15) is 11.3 Å². The molecular formula is C21H23N3O2S. The van der Waals surface area contributed by atoms with Gasteiger partial charge in [0.2, 0.25) is 5.89 Å². The summed E-state index contributed by atoms with van der Waals surface area (Å²) in [5.74, 6) is 0.527. The molecular weight excluding hydrogens is 358 g/mol. The van der Waals surface area contributed by atoms with E-state index >= 15 is 0 Å². The van der Waals surface area contributed by atoms with Crippen LogP contribution in [0.1, 0.15) is 42.5 Å². The lowest BCUT2D eigenvalue weighted by molar-refractivity contribution is 0.0463. The molecule has 2 saturated heterocycles. The maximum absolute atomic E-state index is 13.0. The fourth-order valence-corrected chi connectivity index (χ4v) is 5.27. The molecule has 2 fully saturated rings. The van der Waals surface area contributed by atoms with Gasteiger partial charge in [-0.05, 0) is 56.3 Å². The molecule has 1 aromatic carbocycles. The van der Waals surface area contributed by atoms with Crippen LogP contribution in [0.5, 0.6) is 0 Å². The van der Waals surface area contributed by atoms with Crippen molar-refractivity contribution in [3.63, 3.8) is 0 Å². The van der Waals surface area contributed by atoms with Crippen molar-refractivity contribution in [2.75, 3.05) is 7.05 Å². The Bertz CT molecular complexity index is 951. The predicted octanol–water partition coefficient (Wildman–Crippen LogP) is 4.30. The van der Waals surface area contributed by atoms with Gasteiger partial charge in [0.1, 0.15) is 5.52 Å². The van der Waals surface area contributed by atoms with Crippen molar-refractivity contribution in [1.82, 2.24) is 15.2 Å². The molecule has 5 nitrogen and oxygen atoms in total. The summed E-state index contributed by atoms with van der Waals surface area (Å²) in [6, 6.07) is 8.98. The number of carbonyl (C=O) groups excluding carboxylic acids is 1. The molecule has 27 heavy (non-hydrogen) atoms. The van der Waals surface area contributed by atoms with Gasteiger partial charge in [-0.25, -0.2) is 4.98 Å². The molecule has 2 aromatic heterocycles. The molecule has 2 bridgehead atoms. The average molecular weight is 382 g/mol. The van der Waals surface area contributed by atoms with E-state index in [1.807, 2.05) is 35.0 Å². The third-order valence-corrected chi connectivity index (χ3v) is 6.79. The number of thiophene rings is 1. The van der Waals surface area contributed by atoms with E-state index < -0.39 is 0 Å². The molecule has 140 valence electrons. The first-order chi connectivity index (χ1) is 13.2. The lowest BCUT2D eigenvalue weighted by Gasteiger charge is -2.47. The van der Waals surface area contributed by atoms with Crippen molar-refractivity contribution in [3.8, 4) is 11.5 Å². The number of rotatable bonds is 3. The highest BCUT2D eigenvalue weighted by Crippen LogP contribution is 2.33. The van der Waals surface area contributed by atoms with Gasteiger partial charge in [0.15, 0.2) is 5.58 Å². The lowest BCUT2D eigenvalue weighted by Crippen LogP contribution is -2.55. The molecule has 2 aliphatic heterocycles. The first kappa shape index (κ1) is 17.0. The highest BCUT2D eigenvalue weighted by atomic mass is 32.1. The van der Waals surface area contributed by atoms with Gasteiger partial charge in [0.25, 0.3) is 5.91 Å². The highest BCUT2D eigenvalue weighted by molar-refractivity contribution is 7.08. The Balaban J connectivity index is 1.39. The minimum atomic E-state index is -0.0432. The summed E-state index contributed by atoms with van der Waals surface area (Å²) < 4.78 is 5.88. The maximum Gasteiger partial charge on any atom is 0.253 e. The summed E-state index contributed by atoms with van der Waals surface area (Å²) >= 11 is 1.60. The molecule has 1 N–H and O–H groups in total. The predicted molar refractivity (Wildman–Crippen MR) is 107 cm³/mol. The third-order valence-electron chi connectivity index (χ3n) is 6.11. The van der Waals surface area contributed by atoms with E-state index in [1.165, 1.54) is 19.3 Å². The first-order valence-electron chi connectivity index (χ1n) is 9.64. The average Bonchev–Trinajstić information content (AvgIpc) is 3.31. The van der Waals surface area contributed by atoms with Crippen molar-refractivity contribution in [3.05, 3.63) is 40.6 Å². The third kappa shape index (κ3) is 3.07. The molecule has 2 aliphatic rings. The van der Waals surface area contributed by atoms with Gasteiger partial charge in [-0.1, -0.05) is 12.5 Å². The first-order valence-corrected chi connectivity index (χ1v) is 10.6. The van der Waals surface area contributed by atoms with Crippen LogP contribution in [0.3, 0.4) is 0 Å². The minimum Gasteiger partial charge on any atom is -0.436 e. The molecule has 2 atom stereocenters. The summed E-state index contributed by atoms with van der Waals surface area (Å²) in [4.78, 5) is 20.1. The van der Waals surface area contributed by atoms with Crippen molar-refractivity contribution >= 4 is 28.3 Å². The molecule has 0 radical (unpaired) electrons. The smallest absolute Gasteiger partial charge is 0.253 e. The van der Waals surface area contributed by atoms with Gasteiger partial charge in [0.05, 0.1) is 5.56 Å². The minimum absolute atomic E-state index is 0.0432. The molecule has 0 spiro atoms. The number of fused-ring (bicyclic) bond motifs is 3. The van der Waals surface area contributed by atoms with E-state index in [4.69, 9.17) is 4.42 Å². The number of hydrogen-bond acceptors (Lipinski definition) is 5. The van der Waals surface area contributed by atoms with Crippen LogP contribution < -0.4 is 5.32 Å². The fourth-order valence-electron chi connectivity index (χ4n) is 4.64. The number of amides is 1. The number of nitrogens with one attached hydrogen (secondary N) is 1. The highest BCUT2D eigenvalue weighted by Gasteiger charge is 2.36. The van der Waals surface area contributed by atoms with Crippen LogP contribution in [0.25, 0.3) is 22.6 Å². The van der Waals surface area contributed by atoms with Gasteiger partial charge in [-0.15, -0.1) is 0 Å². The largest absolute Gasteiger partial charge is 0.436 e. The van der Waals surface area contributed by atoms with Crippen LogP contribution in [0.4, 0.5) is 0 Å². The SMILES string of the molecule is CN1C2CCCC1CC(NC(=O)c1cccc3oc(-c4ccsc4)nc13)C2. The Labute approximate surface area is 162 Å². The Morgan fingerprint density at radius 1 is 1.26 bits per heavy atom. The van der Waals surface area contributed by atoms with Crippen molar-refractivity contribution in [1.29, 1.82) is 0 Å². The normalized spacial score (nSPS) is 25.6. The second kappa shape index (κ2) is 6.77. The quantitative estimate of drug-likeness (QED) is 0.735. The summed E-state index contributed by atoms with van der Waals surface area (Å²) in [6.45, 7) is 0. The van der Waals surface area contributed by atoms with Gasteiger partial charge >= 0.3 is 0 Å². The number of hydrogen-bond donors (Lipinski definition) is 1. The van der Waals surface area contributed by atoms with Crippen LogP contribution in [-0.4, -0.2) is 41.0 Å². The molecule has 2 unspecified atom stereocenters. The molecule has 6 heteroatoms. The number of piperidine rings is 2. The van der Waals surface area contributed by atoms with Crippen molar-refractivity contribution in [2.45, 2.75) is 50.2 Å². The number of para-hydroxylation sites is 1. The number of nitrogens with zero attached hydrogens (tertiary/aromatic N) is 2. The molecule has 1 amide bonds. The maximum atomic E-state index is 13.0. The van der Waals surface area contributed by atoms with Crippen LogP contribution >= 0.6 is 11.3 Å². The Hall–Kier alpha value is -2.18. The lowest BCUT2D eigenvalue weighted by atomic mass is 9.82. The molecule has 4 heterocycles. The van der Waals surface area contributed by atoms with Crippen LogP contribution in [0, 0.1) is 0 Å². The van der Waals surface area contributed by atoms with E-state index in [0.717, 1.165) is 18.4 Å². The fraction of sp³-hybridized carbons (Fsp3) is 0.429. The topological polar surface area (TPSA) is 58.4 Å². The Morgan fingerprint density at radius 2 is 2.07 bits per heavy atom. The molecule has 3 aromatic rings. The van der Waals surface area contributed by atoms with Crippen LogP contribution in [0.2, 0.25) is 0 Å².